The number of primary amides is 1. The van der Waals surface area contributed by atoms with Crippen LogP contribution in [0, 0.1) is 11.7 Å². The van der Waals surface area contributed by atoms with Gasteiger partial charge in [-0.05, 0) is 37.1 Å². The Morgan fingerprint density at radius 1 is 1.36 bits per heavy atom. The fourth-order valence-corrected chi connectivity index (χ4v) is 3.25. The molecule has 1 fully saturated rings. The van der Waals surface area contributed by atoms with Gasteiger partial charge < -0.3 is 15.7 Å². The molecule has 1 aliphatic heterocycles. The number of aliphatic hydroxyl groups excluding tert-OH is 1. The number of nitrogens with two attached hydrogens (primary N) is 1. The van der Waals surface area contributed by atoms with Gasteiger partial charge in [-0.25, -0.2) is 4.39 Å². The molecule has 0 aliphatic carbocycles. The number of amides is 3. The molecule has 1 saturated heterocycles. The van der Waals surface area contributed by atoms with E-state index in [0.717, 1.165) is 4.90 Å². The summed E-state index contributed by atoms with van der Waals surface area (Å²) in [5.74, 6) is -2.37. The number of anilines is 1. The van der Waals surface area contributed by atoms with Gasteiger partial charge in [0.25, 0.3) is 0 Å². The van der Waals surface area contributed by atoms with Crippen molar-refractivity contribution in [3.8, 4) is 0 Å². The second kappa shape index (κ2) is 7.18. The van der Waals surface area contributed by atoms with Crippen molar-refractivity contribution >= 4 is 23.4 Å². The fourth-order valence-electron chi connectivity index (χ4n) is 3.25. The highest BCUT2D eigenvalue weighted by Gasteiger charge is 2.45. The van der Waals surface area contributed by atoms with Crippen LogP contribution in [0.25, 0.3) is 0 Å². The van der Waals surface area contributed by atoms with Crippen molar-refractivity contribution in [3.05, 3.63) is 30.1 Å². The van der Waals surface area contributed by atoms with Crippen LogP contribution in [0.15, 0.2) is 24.3 Å². The molecule has 1 heterocycles. The van der Waals surface area contributed by atoms with Gasteiger partial charge in [0.1, 0.15) is 17.9 Å². The maximum Gasteiger partial charge on any atom is 0.246 e. The molecule has 0 spiro atoms. The average Bonchev–Trinajstić information content (AvgIpc) is 2.81. The van der Waals surface area contributed by atoms with Crippen molar-refractivity contribution in [2.75, 3.05) is 11.9 Å². The number of hydrogen-bond donors (Lipinski definition) is 2. The van der Waals surface area contributed by atoms with Gasteiger partial charge in [-0.1, -0.05) is 6.92 Å². The minimum absolute atomic E-state index is 0.150. The fraction of sp³-hybridized carbons (Fsp3) is 0.471. The summed E-state index contributed by atoms with van der Waals surface area (Å²) in [6.07, 6.45) is -1.00. The second-order valence-corrected chi connectivity index (χ2v) is 6.40. The van der Waals surface area contributed by atoms with E-state index in [4.69, 9.17) is 5.73 Å². The van der Waals surface area contributed by atoms with Gasteiger partial charge in [-0.15, -0.1) is 0 Å². The number of carbonyl (C=O) groups excluding carboxylic acids is 3. The number of likely N-dealkylation sites (N-methyl/N-ethyl adjacent to an activating group) is 1. The lowest BCUT2D eigenvalue weighted by Crippen LogP contribution is -2.57. The molecule has 0 bridgehead atoms. The predicted octanol–water partition coefficient (Wildman–Crippen LogP) is 0.260. The Morgan fingerprint density at radius 2 is 1.92 bits per heavy atom. The zero-order valence-corrected chi connectivity index (χ0v) is 14.3. The van der Waals surface area contributed by atoms with Crippen LogP contribution >= 0.6 is 0 Å². The highest BCUT2D eigenvalue weighted by molar-refractivity contribution is 6.05. The largest absolute Gasteiger partial charge is 0.391 e. The summed E-state index contributed by atoms with van der Waals surface area (Å²) in [4.78, 5) is 39.3. The van der Waals surface area contributed by atoms with Crippen LogP contribution in [0.2, 0.25) is 0 Å². The highest BCUT2D eigenvalue weighted by Crippen LogP contribution is 2.32. The molecule has 136 valence electrons. The molecular formula is C17H22FN3O4. The summed E-state index contributed by atoms with van der Waals surface area (Å²) < 4.78 is 13.2. The Morgan fingerprint density at radius 3 is 2.40 bits per heavy atom. The van der Waals surface area contributed by atoms with E-state index in [1.54, 1.807) is 6.92 Å². The number of nitrogens with zero attached hydrogens (tertiary/aromatic N) is 2. The van der Waals surface area contributed by atoms with Gasteiger partial charge in [-0.3, -0.25) is 19.3 Å². The predicted molar refractivity (Wildman–Crippen MR) is 88.9 cm³/mol. The molecule has 1 aliphatic rings. The topological polar surface area (TPSA) is 104 Å². The summed E-state index contributed by atoms with van der Waals surface area (Å²) in [7, 11) is 1.36. The van der Waals surface area contributed by atoms with E-state index in [1.165, 1.54) is 43.1 Å². The van der Waals surface area contributed by atoms with Crippen molar-refractivity contribution in [1.82, 2.24) is 4.90 Å². The van der Waals surface area contributed by atoms with Gasteiger partial charge in [0.05, 0.1) is 6.10 Å². The van der Waals surface area contributed by atoms with Crippen molar-refractivity contribution in [2.24, 2.45) is 11.7 Å². The molecule has 0 radical (unpaired) electrons. The Hall–Kier alpha value is -2.48. The van der Waals surface area contributed by atoms with Gasteiger partial charge in [0.2, 0.25) is 17.7 Å². The zero-order chi connectivity index (χ0) is 18.9. The zero-order valence-electron chi connectivity index (χ0n) is 14.3. The van der Waals surface area contributed by atoms with Crippen molar-refractivity contribution in [1.29, 1.82) is 0 Å². The van der Waals surface area contributed by atoms with Crippen LogP contribution in [-0.2, 0) is 14.4 Å². The molecule has 3 N–H and O–H groups in total. The lowest BCUT2D eigenvalue weighted by Gasteiger charge is -2.34. The number of carbonyl (C=O) groups is 3. The summed E-state index contributed by atoms with van der Waals surface area (Å²) in [6.45, 7) is 3.11. The van der Waals surface area contributed by atoms with Gasteiger partial charge in [-0.2, -0.15) is 0 Å². The normalized spacial score (nSPS) is 22.6. The first-order chi connectivity index (χ1) is 11.6. The summed E-state index contributed by atoms with van der Waals surface area (Å²) in [5.41, 5.74) is 5.68. The molecule has 2 unspecified atom stereocenters. The summed E-state index contributed by atoms with van der Waals surface area (Å²) in [5, 5.41) is 9.76. The van der Waals surface area contributed by atoms with E-state index in [0.29, 0.717) is 5.69 Å². The molecule has 2 rings (SSSR count). The third-order valence-corrected chi connectivity index (χ3v) is 4.45. The van der Waals surface area contributed by atoms with Crippen LogP contribution in [0.4, 0.5) is 10.1 Å². The maximum absolute atomic E-state index is 13.2. The van der Waals surface area contributed by atoms with Crippen LogP contribution in [-0.4, -0.2) is 53.0 Å². The number of hydrogen-bond acceptors (Lipinski definition) is 4. The quantitative estimate of drug-likeness (QED) is 0.794. The maximum atomic E-state index is 13.2. The molecule has 4 atom stereocenters. The molecule has 25 heavy (non-hydrogen) atoms. The minimum atomic E-state index is -1.20. The lowest BCUT2D eigenvalue weighted by atomic mass is 10.00. The first-order valence-electron chi connectivity index (χ1n) is 7.96. The van der Waals surface area contributed by atoms with E-state index in [9.17, 15) is 23.9 Å². The van der Waals surface area contributed by atoms with Gasteiger partial charge in [0, 0.05) is 19.2 Å². The smallest absolute Gasteiger partial charge is 0.246 e. The molecule has 8 heteroatoms. The van der Waals surface area contributed by atoms with Crippen molar-refractivity contribution < 1.29 is 23.9 Å². The molecule has 1 aromatic carbocycles. The average molecular weight is 351 g/mol. The first-order valence-corrected chi connectivity index (χ1v) is 7.96. The summed E-state index contributed by atoms with van der Waals surface area (Å²) in [6, 6.07) is 3.20. The molecular weight excluding hydrogens is 329 g/mol. The van der Waals surface area contributed by atoms with Crippen LogP contribution in [0.1, 0.15) is 20.3 Å². The number of halogens is 1. The molecule has 0 saturated carbocycles. The molecule has 0 aromatic heterocycles. The number of benzene rings is 1. The number of aliphatic hydroxyl groups is 1. The molecule has 3 amide bonds. The summed E-state index contributed by atoms with van der Waals surface area (Å²) >= 11 is 0. The van der Waals surface area contributed by atoms with Crippen LogP contribution in [0.5, 0.6) is 0 Å². The van der Waals surface area contributed by atoms with Crippen LogP contribution < -0.4 is 10.6 Å². The lowest BCUT2D eigenvalue weighted by molar-refractivity contribution is -0.142. The Bertz CT molecular complexity index is 677. The standard InChI is InChI=1S/C17H22FN3O4/c1-9-8-13(23)21(12-6-4-11(18)5-7-12)14(9)17(25)20(3)15(10(2)22)16(19)24/h4-7,9-10,14-15,22H,8H2,1-3H3,(H2,19,24)/t9?,10-,14?,15+/m1/s1. The molecule has 1 aromatic rings. The van der Waals surface area contributed by atoms with Gasteiger partial charge in [0.15, 0.2) is 0 Å². The Kier molecular flexibility index (Phi) is 5.42. The monoisotopic (exact) mass is 351 g/mol. The van der Waals surface area contributed by atoms with E-state index in [2.05, 4.69) is 0 Å². The van der Waals surface area contributed by atoms with E-state index in [-0.39, 0.29) is 18.2 Å². The first kappa shape index (κ1) is 18.9. The minimum Gasteiger partial charge on any atom is -0.391 e. The Labute approximate surface area is 145 Å². The van der Waals surface area contributed by atoms with Crippen molar-refractivity contribution in [2.45, 2.75) is 38.5 Å². The van der Waals surface area contributed by atoms with Gasteiger partial charge >= 0.3 is 0 Å². The van der Waals surface area contributed by atoms with Crippen molar-refractivity contribution in [3.63, 3.8) is 0 Å². The second-order valence-electron chi connectivity index (χ2n) is 6.40. The third-order valence-electron chi connectivity index (χ3n) is 4.45. The van der Waals surface area contributed by atoms with Crippen LogP contribution in [0.3, 0.4) is 0 Å². The third kappa shape index (κ3) is 3.63. The SMILES string of the molecule is CC1CC(=O)N(c2ccc(F)cc2)C1C(=O)N(C)[C@H](C(N)=O)[C@@H](C)O. The number of rotatable bonds is 5. The molecule has 7 nitrogen and oxygen atoms in total. The van der Waals surface area contributed by atoms with E-state index in [1.807, 2.05) is 0 Å². The van der Waals surface area contributed by atoms with E-state index < -0.39 is 35.8 Å². The van der Waals surface area contributed by atoms with E-state index >= 15 is 0 Å². The highest BCUT2D eigenvalue weighted by atomic mass is 19.1. The Balaban J connectivity index is 2.36.